The average Bonchev–Trinajstić information content (AvgIpc) is 3.34. The molecular weight excluding hydrogens is 380 g/mol. The summed E-state index contributed by atoms with van der Waals surface area (Å²) in [6.07, 6.45) is 15.6. The Morgan fingerprint density at radius 1 is 1.16 bits per heavy atom. The first-order valence-electron chi connectivity index (χ1n) is 11.9. The molecule has 4 heteroatoms. The van der Waals surface area contributed by atoms with Crippen molar-refractivity contribution in [2.75, 3.05) is 44.2 Å². The Hall–Kier alpha value is -2.51. The molecule has 1 aromatic heterocycles. The number of aromatic nitrogens is 1. The van der Waals surface area contributed by atoms with Crippen LogP contribution in [-0.4, -0.2) is 49.2 Å². The fourth-order valence-electron chi connectivity index (χ4n) is 4.74. The second-order valence-corrected chi connectivity index (χ2v) is 8.96. The third kappa shape index (κ3) is 5.80. The van der Waals surface area contributed by atoms with E-state index in [4.69, 9.17) is 0 Å². The highest BCUT2D eigenvalue weighted by molar-refractivity contribution is 5.74. The Kier molecular flexibility index (Phi) is 7.48. The van der Waals surface area contributed by atoms with Crippen LogP contribution in [0.15, 0.2) is 48.3 Å². The van der Waals surface area contributed by atoms with Gasteiger partial charge in [-0.25, -0.2) is 0 Å². The lowest BCUT2D eigenvalue weighted by molar-refractivity contribution is 0.209. The van der Waals surface area contributed by atoms with E-state index in [0.717, 1.165) is 63.4 Å². The molecule has 2 aliphatic heterocycles. The highest BCUT2D eigenvalue weighted by Crippen LogP contribution is 2.27. The molecule has 0 spiro atoms. The summed E-state index contributed by atoms with van der Waals surface area (Å²) in [5.41, 5.74) is 5.99. The van der Waals surface area contributed by atoms with Crippen LogP contribution in [0.3, 0.4) is 0 Å². The summed E-state index contributed by atoms with van der Waals surface area (Å²) in [7, 11) is 0. The van der Waals surface area contributed by atoms with Crippen LogP contribution in [0.5, 0.6) is 0 Å². The SMILES string of the molecule is C=C(NCCN1CCC(C#CC2=CCCC=C2C)CC1)c1cnccc1N1CCCC1. The Morgan fingerprint density at radius 3 is 2.71 bits per heavy atom. The van der Waals surface area contributed by atoms with Gasteiger partial charge in [-0.3, -0.25) is 4.98 Å². The molecule has 4 nitrogen and oxygen atoms in total. The lowest BCUT2D eigenvalue weighted by Crippen LogP contribution is -2.37. The maximum atomic E-state index is 4.34. The molecule has 0 aromatic carbocycles. The normalized spacial score (nSPS) is 20.0. The molecule has 2 fully saturated rings. The molecule has 0 amide bonds. The van der Waals surface area contributed by atoms with Crippen LogP contribution >= 0.6 is 0 Å². The molecule has 1 aliphatic carbocycles. The van der Waals surface area contributed by atoms with Gasteiger partial charge in [-0.15, -0.1) is 0 Å². The Labute approximate surface area is 188 Å². The first-order chi connectivity index (χ1) is 15.2. The molecule has 3 heterocycles. The molecule has 4 rings (SSSR count). The van der Waals surface area contributed by atoms with Crippen molar-refractivity contribution in [2.45, 2.75) is 45.4 Å². The van der Waals surface area contributed by atoms with Gasteiger partial charge in [-0.2, -0.15) is 0 Å². The summed E-state index contributed by atoms with van der Waals surface area (Å²) in [4.78, 5) is 9.35. The van der Waals surface area contributed by atoms with Crippen LogP contribution in [0.4, 0.5) is 5.69 Å². The van der Waals surface area contributed by atoms with Crippen molar-refractivity contribution in [3.8, 4) is 11.8 Å². The van der Waals surface area contributed by atoms with Crippen molar-refractivity contribution in [1.29, 1.82) is 0 Å². The topological polar surface area (TPSA) is 31.4 Å². The predicted octanol–water partition coefficient (Wildman–Crippen LogP) is 4.62. The Bertz CT molecular complexity index is 887. The number of likely N-dealkylation sites (tertiary alicyclic amines) is 1. The van der Waals surface area contributed by atoms with Gasteiger partial charge in [0, 0.05) is 67.0 Å². The van der Waals surface area contributed by atoms with Gasteiger partial charge in [0.15, 0.2) is 0 Å². The number of piperidine rings is 1. The molecule has 31 heavy (non-hydrogen) atoms. The minimum absolute atomic E-state index is 0.535. The predicted molar refractivity (Wildman–Crippen MR) is 131 cm³/mol. The van der Waals surface area contributed by atoms with Crippen molar-refractivity contribution in [2.24, 2.45) is 5.92 Å². The largest absolute Gasteiger partial charge is 0.384 e. The van der Waals surface area contributed by atoms with Crippen LogP contribution in [0.2, 0.25) is 0 Å². The summed E-state index contributed by atoms with van der Waals surface area (Å²) >= 11 is 0. The molecule has 0 radical (unpaired) electrons. The molecule has 0 saturated carbocycles. The fourth-order valence-corrected chi connectivity index (χ4v) is 4.74. The third-order valence-corrected chi connectivity index (χ3v) is 6.73. The molecule has 0 unspecified atom stereocenters. The first kappa shape index (κ1) is 21.7. The van der Waals surface area contributed by atoms with E-state index < -0.39 is 0 Å². The molecule has 0 bridgehead atoms. The number of anilines is 1. The maximum absolute atomic E-state index is 4.34. The van der Waals surface area contributed by atoms with Gasteiger partial charge in [-0.1, -0.05) is 30.6 Å². The van der Waals surface area contributed by atoms with E-state index in [9.17, 15) is 0 Å². The zero-order chi connectivity index (χ0) is 21.5. The number of allylic oxidation sites excluding steroid dienone is 4. The molecular formula is C27H36N4. The highest BCUT2D eigenvalue weighted by Gasteiger charge is 2.19. The van der Waals surface area contributed by atoms with Gasteiger partial charge < -0.3 is 15.1 Å². The standard InChI is InChI=1S/C27H36N4/c1-22-7-3-4-8-25(22)10-9-24-12-18-30(19-13-24)20-15-29-23(2)26-21-28-14-11-27(26)31-16-5-6-17-31/h7-8,11,14,21,24,29H,2-6,12-13,15-20H2,1H3. The van der Waals surface area contributed by atoms with Crippen LogP contribution in [0.1, 0.15) is 51.0 Å². The summed E-state index contributed by atoms with van der Waals surface area (Å²) in [6.45, 7) is 13.0. The number of hydrogen-bond acceptors (Lipinski definition) is 4. The number of nitrogens with zero attached hydrogens (tertiary/aromatic N) is 3. The van der Waals surface area contributed by atoms with Crippen molar-refractivity contribution in [1.82, 2.24) is 15.2 Å². The number of rotatable bonds is 6. The summed E-state index contributed by atoms with van der Waals surface area (Å²) in [5, 5.41) is 3.55. The third-order valence-electron chi connectivity index (χ3n) is 6.73. The zero-order valence-corrected chi connectivity index (χ0v) is 19.0. The number of pyridine rings is 1. The first-order valence-corrected chi connectivity index (χ1v) is 11.9. The van der Waals surface area contributed by atoms with Gasteiger partial charge in [0.25, 0.3) is 0 Å². The molecule has 1 aromatic rings. The summed E-state index contributed by atoms with van der Waals surface area (Å²) in [5.74, 6) is 7.53. The Balaban J connectivity index is 1.21. The lowest BCUT2D eigenvalue weighted by Gasteiger charge is -2.30. The van der Waals surface area contributed by atoms with Gasteiger partial charge >= 0.3 is 0 Å². The molecule has 164 valence electrons. The van der Waals surface area contributed by atoms with E-state index in [-0.39, 0.29) is 0 Å². The average molecular weight is 417 g/mol. The maximum Gasteiger partial charge on any atom is 0.0491 e. The van der Waals surface area contributed by atoms with E-state index in [1.54, 1.807) is 0 Å². The second-order valence-electron chi connectivity index (χ2n) is 8.96. The van der Waals surface area contributed by atoms with Crippen molar-refractivity contribution in [3.63, 3.8) is 0 Å². The van der Waals surface area contributed by atoms with Gasteiger partial charge in [0.1, 0.15) is 0 Å². The molecule has 1 N–H and O–H groups in total. The number of nitrogens with one attached hydrogen (secondary N) is 1. The molecule has 2 saturated heterocycles. The van der Waals surface area contributed by atoms with Crippen molar-refractivity contribution < 1.29 is 0 Å². The van der Waals surface area contributed by atoms with Crippen molar-refractivity contribution >= 4 is 11.4 Å². The van der Waals surface area contributed by atoms with Crippen LogP contribution in [0, 0.1) is 17.8 Å². The molecule has 3 aliphatic rings. The van der Waals surface area contributed by atoms with Crippen LogP contribution in [0.25, 0.3) is 5.70 Å². The van der Waals surface area contributed by atoms with E-state index in [2.05, 4.69) is 63.7 Å². The highest BCUT2D eigenvalue weighted by atomic mass is 15.2. The van der Waals surface area contributed by atoms with Crippen LogP contribution in [-0.2, 0) is 0 Å². The van der Waals surface area contributed by atoms with E-state index in [0.29, 0.717) is 5.92 Å². The van der Waals surface area contributed by atoms with Crippen molar-refractivity contribution in [3.05, 3.63) is 53.9 Å². The zero-order valence-electron chi connectivity index (χ0n) is 19.0. The van der Waals surface area contributed by atoms with Gasteiger partial charge in [0.2, 0.25) is 0 Å². The lowest BCUT2D eigenvalue weighted by atomic mass is 9.95. The van der Waals surface area contributed by atoms with E-state index >= 15 is 0 Å². The Morgan fingerprint density at radius 2 is 1.94 bits per heavy atom. The van der Waals surface area contributed by atoms with Crippen LogP contribution < -0.4 is 10.2 Å². The smallest absolute Gasteiger partial charge is 0.0491 e. The quantitative estimate of drug-likeness (QED) is 0.686. The van der Waals surface area contributed by atoms with E-state index in [1.807, 2.05) is 12.4 Å². The summed E-state index contributed by atoms with van der Waals surface area (Å²) < 4.78 is 0. The fraction of sp³-hybridized carbons (Fsp3) is 0.519. The second kappa shape index (κ2) is 10.7. The monoisotopic (exact) mass is 416 g/mol. The summed E-state index contributed by atoms with van der Waals surface area (Å²) in [6, 6.07) is 2.12. The number of hydrogen-bond donors (Lipinski definition) is 1. The molecule has 0 atom stereocenters. The van der Waals surface area contributed by atoms with E-state index in [1.165, 1.54) is 42.5 Å². The minimum atomic E-state index is 0.535. The van der Waals surface area contributed by atoms with Gasteiger partial charge in [0.05, 0.1) is 0 Å². The van der Waals surface area contributed by atoms with Gasteiger partial charge in [-0.05, 0) is 70.2 Å². The minimum Gasteiger partial charge on any atom is -0.384 e.